The van der Waals surface area contributed by atoms with Crippen LogP contribution in [0.5, 0.6) is 5.75 Å². The van der Waals surface area contributed by atoms with E-state index >= 15 is 0 Å². The molecule has 0 spiro atoms. The number of nitrogens with one attached hydrogen (secondary N) is 1. The Balaban J connectivity index is 1.57. The summed E-state index contributed by atoms with van der Waals surface area (Å²) in [5, 5.41) is 3.24. The van der Waals surface area contributed by atoms with E-state index in [1.54, 1.807) is 42.5 Å². The molecule has 4 aromatic rings. The third-order valence-electron chi connectivity index (χ3n) is 8.45. The van der Waals surface area contributed by atoms with Crippen molar-refractivity contribution in [2.24, 2.45) is 0 Å². The van der Waals surface area contributed by atoms with E-state index in [1.807, 2.05) is 54.6 Å². The standard InChI is InChI=1S/C37H40BrN3O5S/c1-46-35-20-12-11-19-33(35)41(47(44,45)32-17-9-4-10-18-32)27-36(42)40(26-29-21-23-30(38)24-22-29)34(25-28-13-5-2-6-14-28)37(43)39-31-15-7-3-8-16-31/h2,4-6,9-14,17-24,31,34H,3,7-8,15-16,25-27H2,1H3,(H,39,43). The first-order valence-corrected chi connectivity index (χ1v) is 18.1. The smallest absolute Gasteiger partial charge is 0.264 e. The molecule has 1 saturated carbocycles. The molecule has 246 valence electrons. The maximum atomic E-state index is 14.7. The molecule has 5 rings (SSSR count). The summed E-state index contributed by atoms with van der Waals surface area (Å²) in [7, 11) is -2.76. The van der Waals surface area contributed by atoms with Crippen LogP contribution in [0.15, 0.2) is 119 Å². The molecule has 1 fully saturated rings. The molecule has 4 aromatic carbocycles. The molecule has 47 heavy (non-hydrogen) atoms. The molecule has 10 heteroatoms. The van der Waals surface area contributed by atoms with Gasteiger partial charge in [-0.15, -0.1) is 0 Å². The fraction of sp³-hybridized carbons (Fsp3) is 0.297. The number of benzene rings is 4. The molecular weight excluding hydrogens is 678 g/mol. The molecule has 1 atom stereocenters. The van der Waals surface area contributed by atoms with Crippen molar-refractivity contribution >= 4 is 43.5 Å². The first-order chi connectivity index (χ1) is 22.8. The van der Waals surface area contributed by atoms with Crippen LogP contribution in [0.4, 0.5) is 5.69 Å². The van der Waals surface area contributed by atoms with Crippen molar-refractivity contribution in [2.75, 3.05) is 18.0 Å². The lowest BCUT2D eigenvalue weighted by Gasteiger charge is -2.35. The van der Waals surface area contributed by atoms with Crippen molar-refractivity contribution < 1.29 is 22.7 Å². The van der Waals surface area contributed by atoms with Gasteiger partial charge >= 0.3 is 0 Å². The Morgan fingerprint density at radius 1 is 0.830 bits per heavy atom. The number of carbonyl (C=O) groups excluding carboxylic acids is 2. The van der Waals surface area contributed by atoms with Crippen molar-refractivity contribution in [3.05, 3.63) is 125 Å². The van der Waals surface area contributed by atoms with Crippen LogP contribution < -0.4 is 14.4 Å². The predicted octanol–water partition coefficient (Wildman–Crippen LogP) is 6.74. The van der Waals surface area contributed by atoms with Gasteiger partial charge in [-0.05, 0) is 60.4 Å². The summed E-state index contributed by atoms with van der Waals surface area (Å²) in [5.41, 5.74) is 1.92. The van der Waals surface area contributed by atoms with Gasteiger partial charge in [-0.25, -0.2) is 8.42 Å². The highest BCUT2D eigenvalue weighted by molar-refractivity contribution is 9.10. The molecule has 0 saturated heterocycles. The number of hydrogen-bond donors (Lipinski definition) is 1. The zero-order valence-corrected chi connectivity index (χ0v) is 28.8. The summed E-state index contributed by atoms with van der Waals surface area (Å²) < 4.78 is 36.0. The summed E-state index contributed by atoms with van der Waals surface area (Å²) in [6.45, 7) is -0.441. The summed E-state index contributed by atoms with van der Waals surface area (Å²) >= 11 is 3.48. The van der Waals surface area contributed by atoms with Gasteiger partial charge in [0.2, 0.25) is 11.8 Å². The Hall–Kier alpha value is -4.15. The maximum absolute atomic E-state index is 14.7. The second-order valence-electron chi connectivity index (χ2n) is 11.7. The third kappa shape index (κ3) is 8.81. The van der Waals surface area contributed by atoms with Gasteiger partial charge in [0, 0.05) is 23.5 Å². The summed E-state index contributed by atoms with van der Waals surface area (Å²) in [6, 6.07) is 31.0. The Bertz CT molecular complexity index is 1730. The van der Waals surface area contributed by atoms with Crippen molar-refractivity contribution in [1.29, 1.82) is 0 Å². The van der Waals surface area contributed by atoms with Gasteiger partial charge in [0.05, 0.1) is 17.7 Å². The summed E-state index contributed by atoms with van der Waals surface area (Å²) in [5.74, 6) is -0.464. The minimum absolute atomic E-state index is 0.0303. The van der Waals surface area contributed by atoms with E-state index in [1.165, 1.54) is 24.1 Å². The molecule has 0 aromatic heterocycles. The van der Waals surface area contributed by atoms with Gasteiger partial charge in [0.1, 0.15) is 18.3 Å². The summed E-state index contributed by atoms with van der Waals surface area (Å²) in [6.07, 6.45) is 5.27. The molecule has 1 aliphatic rings. The minimum Gasteiger partial charge on any atom is -0.495 e. The largest absolute Gasteiger partial charge is 0.495 e. The number of rotatable bonds is 13. The van der Waals surface area contributed by atoms with Crippen LogP contribution in [-0.4, -0.2) is 50.9 Å². The van der Waals surface area contributed by atoms with E-state index in [2.05, 4.69) is 21.2 Å². The van der Waals surface area contributed by atoms with Crippen LogP contribution >= 0.6 is 15.9 Å². The fourth-order valence-electron chi connectivity index (χ4n) is 5.95. The van der Waals surface area contributed by atoms with E-state index in [0.29, 0.717) is 5.75 Å². The minimum atomic E-state index is -4.22. The topological polar surface area (TPSA) is 96.0 Å². The van der Waals surface area contributed by atoms with Crippen LogP contribution in [0.25, 0.3) is 0 Å². The van der Waals surface area contributed by atoms with Gasteiger partial charge in [0.25, 0.3) is 10.0 Å². The predicted molar refractivity (Wildman–Crippen MR) is 188 cm³/mol. The second-order valence-corrected chi connectivity index (χ2v) is 14.5. The number of carbonyl (C=O) groups is 2. The van der Waals surface area contributed by atoms with E-state index in [9.17, 15) is 18.0 Å². The molecule has 1 aliphatic carbocycles. The highest BCUT2D eigenvalue weighted by Crippen LogP contribution is 2.33. The fourth-order valence-corrected chi connectivity index (χ4v) is 7.66. The quantitative estimate of drug-likeness (QED) is 0.165. The Morgan fingerprint density at radius 2 is 1.45 bits per heavy atom. The lowest BCUT2D eigenvalue weighted by Crippen LogP contribution is -2.55. The number of methoxy groups -OCH3 is 1. The first kappa shape index (κ1) is 34.2. The van der Waals surface area contributed by atoms with Gasteiger partial charge in [-0.3, -0.25) is 13.9 Å². The number of ether oxygens (including phenoxy) is 1. The Morgan fingerprint density at radius 3 is 2.11 bits per heavy atom. The number of sulfonamides is 1. The molecule has 0 bridgehead atoms. The van der Waals surface area contributed by atoms with Gasteiger partial charge in [-0.2, -0.15) is 0 Å². The second kappa shape index (κ2) is 16.1. The molecule has 8 nitrogen and oxygen atoms in total. The van der Waals surface area contributed by atoms with Crippen molar-refractivity contribution in [3.8, 4) is 5.75 Å². The monoisotopic (exact) mass is 717 g/mol. The van der Waals surface area contributed by atoms with Crippen LogP contribution in [0.3, 0.4) is 0 Å². The molecular formula is C37H40BrN3O5S. The molecule has 1 unspecified atom stereocenters. The Kier molecular flexibility index (Phi) is 11.7. The average molecular weight is 719 g/mol. The van der Waals surface area contributed by atoms with Crippen molar-refractivity contribution in [2.45, 2.75) is 62.0 Å². The summed E-state index contributed by atoms with van der Waals surface area (Å²) in [4.78, 5) is 30.5. The van der Waals surface area contributed by atoms with Crippen LogP contribution in [0.1, 0.15) is 43.2 Å². The first-order valence-electron chi connectivity index (χ1n) is 15.9. The average Bonchev–Trinajstić information content (AvgIpc) is 3.10. The maximum Gasteiger partial charge on any atom is 0.264 e. The SMILES string of the molecule is COc1ccccc1N(CC(=O)N(Cc1ccc(Br)cc1)C(Cc1ccccc1)C(=O)NC1CCCCC1)S(=O)(=O)c1ccccc1. The van der Waals surface area contributed by atoms with Gasteiger partial charge in [-0.1, -0.05) is 108 Å². The highest BCUT2D eigenvalue weighted by Gasteiger charge is 2.36. The number of hydrogen-bond acceptors (Lipinski definition) is 5. The highest BCUT2D eigenvalue weighted by atomic mass is 79.9. The van der Waals surface area contributed by atoms with Crippen LogP contribution in [0.2, 0.25) is 0 Å². The molecule has 0 heterocycles. The number of para-hydroxylation sites is 2. The zero-order valence-electron chi connectivity index (χ0n) is 26.4. The number of anilines is 1. The number of halogens is 1. The number of nitrogens with zero attached hydrogens (tertiary/aromatic N) is 2. The third-order valence-corrected chi connectivity index (χ3v) is 10.8. The van der Waals surface area contributed by atoms with E-state index in [0.717, 1.165) is 52.0 Å². The van der Waals surface area contributed by atoms with Crippen LogP contribution in [-0.2, 0) is 32.6 Å². The molecule has 1 N–H and O–H groups in total. The van der Waals surface area contributed by atoms with E-state index in [-0.39, 0.29) is 35.5 Å². The molecule has 2 amide bonds. The molecule has 0 aliphatic heterocycles. The lowest BCUT2D eigenvalue weighted by atomic mass is 9.94. The molecule has 0 radical (unpaired) electrons. The van der Waals surface area contributed by atoms with Crippen LogP contribution in [0, 0.1) is 0 Å². The normalized spacial score (nSPS) is 14.2. The van der Waals surface area contributed by atoms with Crippen molar-refractivity contribution in [3.63, 3.8) is 0 Å². The lowest BCUT2D eigenvalue weighted by molar-refractivity contribution is -0.140. The number of amides is 2. The van der Waals surface area contributed by atoms with E-state index < -0.39 is 28.5 Å². The van der Waals surface area contributed by atoms with Gasteiger partial charge < -0.3 is 15.0 Å². The Labute approximate surface area is 285 Å². The van der Waals surface area contributed by atoms with Gasteiger partial charge in [0.15, 0.2) is 0 Å². The van der Waals surface area contributed by atoms with Crippen molar-refractivity contribution in [1.82, 2.24) is 10.2 Å². The van der Waals surface area contributed by atoms with E-state index in [4.69, 9.17) is 4.74 Å². The zero-order chi connectivity index (χ0) is 33.2.